The van der Waals surface area contributed by atoms with E-state index >= 15 is 0 Å². The molecule has 1 unspecified atom stereocenters. The Morgan fingerprint density at radius 2 is 2.15 bits per heavy atom. The maximum atomic E-state index is 12.0. The summed E-state index contributed by atoms with van der Waals surface area (Å²) in [5.74, 6) is 0.105. The number of benzene rings is 1. The number of aliphatic hydroxyl groups excluding tert-OH is 1. The van der Waals surface area contributed by atoms with Crippen LogP contribution in [0, 0.1) is 12.8 Å². The van der Waals surface area contributed by atoms with Crippen LogP contribution < -0.4 is 5.32 Å². The van der Waals surface area contributed by atoms with Crippen molar-refractivity contribution in [3.05, 3.63) is 35.6 Å². The molecule has 1 heterocycles. The Balaban J connectivity index is 2.10. The van der Waals surface area contributed by atoms with Gasteiger partial charge in [-0.25, -0.2) is 0 Å². The normalized spacial score (nSPS) is 12.8. The van der Waals surface area contributed by atoms with Crippen molar-refractivity contribution in [1.29, 1.82) is 0 Å². The summed E-state index contributed by atoms with van der Waals surface area (Å²) >= 11 is 0. The molecule has 0 aliphatic rings. The first-order chi connectivity index (χ1) is 9.51. The largest absolute Gasteiger partial charge is 0.464 e. The van der Waals surface area contributed by atoms with E-state index < -0.39 is 0 Å². The first kappa shape index (κ1) is 14.6. The Labute approximate surface area is 118 Å². The molecule has 0 fully saturated rings. The van der Waals surface area contributed by atoms with E-state index in [-0.39, 0.29) is 30.9 Å². The van der Waals surface area contributed by atoms with Gasteiger partial charge in [0.1, 0.15) is 5.58 Å². The summed E-state index contributed by atoms with van der Waals surface area (Å²) in [6, 6.07) is 5.73. The van der Waals surface area contributed by atoms with Gasteiger partial charge in [0.25, 0.3) is 0 Å². The molecule has 0 aliphatic carbocycles. The molecule has 2 aromatic rings. The molecule has 0 saturated carbocycles. The van der Waals surface area contributed by atoms with Gasteiger partial charge in [-0.3, -0.25) is 4.79 Å². The van der Waals surface area contributed by atoms with E-state index in [9.17, 15) is 9.90 Å². The number of aliphatic hydroxyl groups is 1. The highest BCUT2D eigenvalue weighted by molar-refractivity contribution is 5.88. The van der Waals surface area contributed by atoms with Gasteiger partial charge in [-0.15, -0.1) is 0 Å². The Morgan fingerprint density at radius 1 is 1.40 bits per heavy atom. The summed E-state index contributed by atoms with van der Waals surface area (Å²) in [7, 11) is 0. The molecular formula is C16H21NO3. The smallest absolute Gasteiger partial charge is 0.224 e. The molecule has 0 spiro atoms. The van der Waals surface area contributed by atoms with Crippen molar-refractivity contribution in [2.75, 3.05) is 6.61 Å². The zero-order valence-electron chi connectivity index (χ0n) is 12.1. The standard InChI is InChI=1S/C16H21NO3/c1-10(2)14(8-18)17-16(19)7-12-9-20-15-6-11(3)4-5-13(12)15/h4-6,9-10,14,18H,7-8H2,1-3H3,(H,17,19). The third-order valence-corrected chi connectivity index (χ3v) is 3.51. The predicted molar refractivity (Wildman–Crippen MR) is 78.5 cm³/mol. The van der Waals surface area contributed by atoms with Gasteiger partial charge in [-0.1, -0.05) is 26.0 Å². The van der Waals surface area contributed by atoms with E-state index in [1.165, 1.54) is 0 Å². The van der Waals surface area contributed by atoms with Crippen molar-refractivity contribution in [2.24, 2.45) is 5.92 Å². The van der Waals surface area contributed by atoms with Gasteiger partial charge in [0, 0.05) is 10.9 Å². The second kappa shape index (κ2) is 6.09. The van der Waals surface area contributed by atoms with Gasteiger partial charge in [0.05, 0.1) is 25.3 Å². The minimum Gasteiger partial charge on any atom is -0.464 e. The maximum Gasteiger partial charge on any atom is 0.224 e. The summed E-state index contributed by atoms with van der Waals surface area (Å²) in [6.07, 6.45) is 1.90. The van der Waals surface area contributed by atoms with E-state index in [1.807, 2.05) is 39.0 Å². The molecule has 1 atom stereocenters. The third-order valence-electron chi connectivity index (χ3n) is 3.51. The molecule has 2 N–H and O–H groups in total. The van der Waals surface area contributed by atoms with Crippen LogP contribution in [0.4, 0.5) is 0 Å². The third kappa shape index (κ3) is 3.20. The molecule has 0 aliphatic heterocycles. The molecular weight excluding hydrogens is 254 g/mol. The van der Waals surface area contributed by atoms with Crippen molar-refractivity contribution in [3.8, 4) is 0 Å². The van der Waals surface area contributed by atoms with Crippen LogP contribution in [-0.4, -0.2) is 23.7 Å². The van der Waals surface area contributed by atoms with Crippen molar-refractivity contribution >= 4 is 16.9 Å². The van der Waals surface area contributed by atoms with Crippen LogP contribution in [0.2, 0.25) is 0 Å². The number of aryl methyl sites for hydroxylation is 1. The highest BCUT2D eigenvalue weighted by atomic mass is 16.3. The van der Waals surface area contributed by atoms with Crippen molar-refractivity contribution in [3.63, 3.8) is 0 Å². The number of fused-ring (bicyclic) bond motifs is 1. The molecule has 20 heavy (non-hydrogen) atoms. The summed E-state index contributed by atoms with van der Waals surface area (Å²) in [5.41, 5.74) is 2.80. The monoisotopic (exact) mass is 275 g/mol. The van der Waals surface area contributed by atoms with E-state index in [2.05, 4.69) is 5.32 Å². The summed E-state index contributed by atoms with van der Waals surface area (Å²) in [4.78, 5) is 12.0. The van der Waals surface area contributed by atoms with Gasteiger partial charge in [-0.2, -0.15) is 0 Å². The summed E-state index contributed by atoms with van der Waals surface area (Å²) in [6.45, 7) is 5.89. The van der Waals surface area contributed by atoms with Crippen molar-refractivity contribution < 1.29 is 14.3 Å². The minimum atomic E-state index is -0.206. The Morgan fingerprint density at radius 3 is 2.80 bits per heavy atom. The molecule has 0 saturated heterocycles. The van der Waals surface area contributed by atoms with Crippen molar-refractivity contribution in [1.82, 2.24) is 5.32 Å². The first-order valence-corrected chi connectivity index (χ1v) is 6.88. The lowest BCUT2D eigenvalue weighted by Gasteiger charge is -2.19. The number of rotatable bonds is 5. The number of hydrogen-bond acceptors (Lipinski definition) is 3. The number of carbonyl (C=O) groups excluding carboxylic acids is 1. The highest BCUT2D eigenvalue weighted by Gasteiger charge is 2.16. The second-order valence-corrected chi connectivity index (χ2v) is 5.54. The number of amides is 1. The van der Waals surface area contributed by atoms with Crippen LogP contribution in [0.25, 0.3) is 11.0 Å². The van der Waals surface area contributed by atoms with Crippen LogP contribution in [0.3, 0.4) is 0 Å². The minimum absolute atomic E-state index is 0.0469. The number of carbonyl (C=O) groups is 1. The zero-order valence-corrected chi connectivity index (χ0v) is 12.1. The molecule has 0 bridgehead atoms. The lowest BCUT2D eigenvalue weighted by Crippen LogP contribution is -2.41. The molecule has 2 rings (SSSR count). The van der Waals surface area contributed by atoms with Crippen LogP contribution in [0.1, 0.15) is 25.0 Å². The molecule has 1 aromatic carbocycles. The molecule has 1 amide bonds. The average Bonchev–Trinajstić information content (AvgIpc) is 2.77. The van der Waals surface area contributed by atoms with Gasteiger partial charge < -0.3 is 14.8 Å². The Kier molecular flexibility index (Phi) is 4.45. The highest BCUT2D eigenvalue weighted by Crippen LogP contribution is 2.22. The molecule has 4 heteroatoms. The predicted octanol–water partition coefficient (Wildman–Crippen LogP) is 2.42. The average molecular weight is 275 g/mol. The van der Waals surface area contributed by atoms with E-state index in [1.54, 1.807) is 6.26 Å². The molecule has 108 valence electrons. The lowest BCUT2D eigenvalue weighted by molar-refractivity contribution is -0.121. The first-order valence-electron chi connectivity index (χ1n) is 6.88. The molecule has 4 nitrogen and oxygen atoms in total. The fourth-order valence-corrected chi connectivity index (χ4v) is 2.18. The SMILES string of the molecule is Cc1ccc2c(CC(=O)NC(CO)C(C)C)coc2c1. The summed E-state index contributed by atoms with van der Waals surface area (Å²) in [5, 5.41) is 13.1. The van der Waals surface area contributed by atoms with Crippen molar-refractivity contribution in [2.45, 2.75) is 33.2 Å². The number of nitrogens with one attached hydrogen (secondary N) is 1. The molecule has 0 radical (unpaired) electrons. The second-order valence-electron chi connectivity index (χ2n) is 5.54. The topological polar surface area (TPSA) is 62.5 Å². The van der Waals surface area contributed by atoms with Gasteiger partial charge in [0.2, 0.25) is 5.91 Å². The number of furan rings is 1. The van der Waals surface area contributed by atoms with Crippen LogP contribution >= 0.6 is 0 Å². The zero-order chi connectivity index (χ0) is 14.7. The lowest BCUT2D eigenvalue weighted by atomic mass is 10.0. The van der Waals surface area contributed by atoms with Crippen LogP contribution in [0.15, 0.2) is 28.9 Å². The Hall–Kier alpha value is -1.81. The molecule has 1 aromatic heterocycles. The maximum absolute atomic E-state index is 12.0. The fourth-order valence-electron chi connectivity index (χ4n) is 2.18. The Bertz CT molecular complexity index is 601. The van der Waals surface area contributed by atoms with Gasteiger partial charge in [0.15, 0.2) is 0 Å². The van der Waals surface area contributed by atoms with E-state index in [0.717, 1.165) is 22.1 Å². The van der Waals surface area contributed by atoms with Gasteiger partial charge >= 0.3 is 0 Å². The van der Waals surface area contributed by atoms with Crippen LogP contribution in [-0.2, 0) is 11.2 Å². The van der Waals surface area contributed by atoms with Crippen LogP contribution in [0.5, 0.6) is 0 Å². The quantitative estimate of drug-likeness (QED) is 0.881. The van der Waals surface area contributed by atoms with E-state index in [4.69, 9.17) is 4.42 Å². The summed E-state index contributed by atoms with van der Waals surface area (Å²) < 4.78 is 5.48. The van der Waals surface area contributed by atoms with E-state index in [0.29, 0.717) is 0 Å². The fraction of sp³-hybridized carbons (Fsp3) is 0.438. The van der Waals surface area contributed by atoms with Gasteiger partial charge in [-0.05, 0) is 24.5 Å². The number of hydrogen-bond donors (Lipinski definition) is 2.